The van der Waals surface area contributed by atoms with Crippen molar-refractivity contribution in [3.8, 4) is 11.5 Å². The number of ether oxygens (including phenoxy) is 2. The fourth-order valence-corrected chi connectivity index (χ4v) is 4.20. The van der Waals surface area contributed by atoms with Gasteiger partial charge in [-0.25, -0.2) is 0 Å². The lowest BCUT2D eigenvalue weighted by molar-refractivity contribution is 0.0977. The average molecular weight is 290 g/mol. The zero-order chi connectivity index (χ0) is 14.9. The fourth-order valence-electron chi connectivity index (χ4n) is 4.20. The Kier molecular flexibility index (Phi) is 4.09. The molecule has 1 heterocycles. The summed E-state index contributed by atoms with van der Waals surface area (Å²) >= 11 is 0. The van der Waals surface area contributed by atoms with Crippen LogP contribution in [0.15, 0.2) is 12.1 Å². The van der Waals surface area contributed by atoms with Crippen molar-refractivity contribution < 1.29 is 9.47 Å². The van der Waals surface area contributed by atoms with E-state index in [2.05, 4.69) is 4.90 Å². The molecule has 1 fully saturated rings. The first-order chi connectivity index (χ1) is 10.3. The number of rotatable bonds is 4. The molecule has 4 heteroatoms. The third kappa shape index (κ3) is 2.21. The lowest BCUT2D eigenvalue weighted by Gasteiger charge is -2.46. The first-order valence-corrected chi connectivity index (χ1v) is 7.96. The van der Waals surface area contributed by atoms with Crippen LogP contribution < -0.4 is 15.2 Å². The average Bonchev–Trinajstić information content (AvgIpc) is 3.08. The number of likely N-dealkylation sites (tertiary alicyclic amines) is 1. The first kappa shape index (κ1) is 14.7. The lowest BCUT2D eigenvalue weighted by atomic mass is 9.74. The van der Waals surface area contributed by atoms with Crippen LogP contribution in [0.5, 0.6) is 11.5 Å². The molecule has 0 spiro atoms. The van der Waals surface area contributed by atoms with E-state index in [1.54, 1.807) is 14.2 Å². The van der Waals surface area contributed by atoms with Crippen LogP contribution in [0.1, 0.15) is 36.8 Å². The topological polar surface area (TPSA) is 47.7 Å². The molecular formula is C17H26N2O2. The van der Waals surface area contributed by atoms with Crippen molar-refractivity contribution in [1.29, 1.82) is 0 Å². The molecule has 0 aromatic heterocycles. The molecule has 3 rings (SSSR count). The van der Waals surface area contributed by atoms with Gasteiger partial charge < -0.3 is 15.2 Å². The van der Waals surface area contributed by atoms with Crippen LogP contribution in [0.25, 0.3) is 0 Å². The van der Waals surface area contributed by atoms with Gasteiger partial charge in [0, 0.05) is 17.7 Å². The molecule has 21 heavy (non-hydrogen) atoms. The molecule has 1 atom stereocenters. The maximum absolute atomic E-state index is 6.31. The highest BCUT2D eigenvalue weighted by Gasteiger charge is 2.44. The van der Waals surface area contributed by atoms with E-state index in [1.165, 1.54) is 24.0 Å². The summed E-state index contributed by atoms with van der Waals surface area (Å²) in [6.07, 6.45) is 5.85. The summed E-state index contributed by atoms with van der Waals surface area (Å²) in [5.41, 5.74) is 8.80. The molecule has 2 N–H and O–H groups in total. The minimum absolute atomic E-state index is 0.0794. The molecule has 0 amide bonds. The summed E-state index contributed by atoms with van der Waals surface area (Å²) in [6, 6.07) is 4.05. The predicted octanol–water partition coefficient (Wildman–Crippen LogP) is 2.29. The van der Waals surface area contributed by atoms with Crippen LogP contribution in [-0.2, 0) is 12.0 Å². The molecular weight excluding hydrogens is 264 g/mol. The number of hydrogen-bond acceptors (Lipinski definition) is 4. The van der Waals surface area contributed by atoms with Crippen molar-refractivity contribution in [3.05, 3.63) is 23.3 Å². The second-order valence-electron chi connectivity index (χ2n) is 6.11. The van der Waals surface area contributed by atoms with Crippen LogP contribution in [0.4, 0.5) is 0 Å². The Morgan fingerprint density at radius 1 is 1.10 bits per heavy atom. The van der Waals surface area contributed by atoms with E-state index >= 15 is 0 Å². The van der Waals surface area contributed by atoms with E-state index in [1.807, 2.05) is 12.1 Å². The maximum Gasteiger partial charge on any atom is 0.124 e. The van der Waals surface area contributed by atoms with Crippen LogP contribution in [0, 0.1) is 0 Å². The van der Waals surface area contributed by atoms with Gasteiger partial charge in [0.25, 0.3) is 0 Å². The number of nitrogens with zero attached hydrogens (tertiary/aromatic N) is 1. The van der Waals surface area contributed by atoms with Crippen molar-refractivity contribution in [2.24, 2.45) is 5.73 Å². The normalized spacial score (nSPS) is 25.7. The molecule has 0 saturated carbocycles. The zero-order valence-electron chi connectivity index (χ0n) is 13.2. The molecule has 2 aliphatic rings. The highest BCUT2D eigenvalue weighted by atomic mass is 16.5. The van der Waals surface area contributed by atoms with Gasteiger partial charge in [-0.3, -0.25) is 4.90 Å². The van der Waals surface area contributed by atoms with E-state index in [-0.39, 0.29) is 5.54 Å². The van der Waals surface area contributed by atoms with Gasteiger partial charge in [0.1, 0.15) is 11.5 Å². The third-order valence-electron chi connectivity index (χ3n) is 5.20. The van der Waals surface area contributed by atoms with Crippen LogP contribution in [-0.4, -0.2) is 38.8 Å². The summed E-state index contributed by atoms with van der Waals surface area (Å²) in [5.74, 6) is 1.94. The Labute approximate surface area is 127 Å². The number of hydrogen-bond donors (Lipinski definition) is 1. The minimum atomic E-state index is -0.0794. The number of nitrogens with two attached hydrogens (primary N) is 1. The molecule has 1 aliphatic carbocycles. The van der Waals surface area contributed by atoms with Gasteiger partial charge in [-0.1, -0.05) is 0 Å². The van der Waals surface area contributed by atoms with Gasteiger partial charge in [-0.15, -0.1) is 0 Å². The monoisotopic (exact) mass is 290 g/mol. The standard InChI is InChI=1S/C17H26N2O2/c1-20-14-7-8-15(21-2)16-13(14)6-5-9-17(16,12-18)19-10-3-4-11-19/h7-8H,3-6,9-12,18H2,1-2H3. The van der Waals surface area contributed by atoms with Gasteiger partial charge in [-0.05, 0) is 57.3 Å². The predicted molar refractivity (Wildman–Crippen MR) is 84.0 cm³/mol. The molecule has 4 nitrogen and oxygen atoms in total. The summed E-state index contributed by atoms with van der Waals surface area (Å²) in [5, 5.41) is 0. The molecule has 1 unspecified atom stereocenters. The van der Waals surface area contributed by atoms with Crippen LogP contribution in [0.2, 0.25) is 0 Å². The Balaban J connectivity index is 2.18. The Morgan fingerprint density at radius 2 is 1.76 bits per heavy atom. The van der Waals surface area contributed by atoms with E-state index in [9.17, 15) is 0 Å². The molecule has 116 valence electrons. The highest BCUT2D eigenvalue weighted by Crippen LogP contribution is 2.48. The Hall–Kier alpha value is -1.26. The molecule has 1 aliphatic heterocycles. The van der Waals surface area contributed by atoms with E-state index in [4.69, 9.17) is 15.2 Å². The lowest BCUT2D eigenvalue weighted by Crippen LogP contribution is -2.52. The summed E-state index contributed by atoms with van der Waals surface area (Å²) < 4.78 is 11.3. The molecule has 1 saturated heterocycles. The van der Waals surface area contributed by atoms with Crippen LogP contribution in [0.3, 0.4) is 0 Å². The zero-order valence-corrected chi connectivity index (χ0v) is 13.2. The minimum Gasteiger partial charge on any atom is -0.496 e. The molecule has 0 radical (unpaired) electrons. The highest BCUT2D eigenvalue weighted by molar-refractivity contribution is 5.54. The van der Waals surface area contributed by atoms with Crippen molar-refractivity contribution >= 4 is 0 Å². The second kappa shape index (κ2) is 5.85. The fraction of sp³-hybridized carbons (Fsp3) is 0.647. The second-order valence-corrected chi connectivity index (χ2v) is 6.11. The van der Waals surface area contributed by atoms with Gasteiger partial charge in [0.2, 0.25) is 0 Å². The maximum atomic E-state index is 6.31. The largest absolute Gasteiger partial charge is 0.496 e. The number of benzene rings is 1. The van der Waals surface area contributed by atoms with Crippen molar-refractivity contribution in [2.45, 2.75) is 37.6 Å². The van der Waals surface area contributed by atoms with E-state index in [0.717, 1.165) is 43.9 Å². The first-order valence-electron chi connectivity index (χ1n) is 7.96. The van der Waals surface area contributed by atoms with Crippen LogP contribution >= 0.6 is 0 Å². The number of fused-ring (bicyclic) bond motifs is 1. The van der Waals surface area contributed by atoms with E-state index < -0.39 is 0 Å². The van der Waals surface area contributed by atoms with Gasteiger partial charge in [0.05, 0.1) is 19.8 Å². The van der Waals surface area contributed by atoms with Gasteiger partial charge in [-0.2, -0.15) is 0 Å². The van der Waals surface area contributed by atoms with E-state index in [0.29, 0.717) is 6.54 Å². The van der Waals surface area contributed by atoms with Gasteiger partial charge >= 0.3 is 0 Å². The molecule has 1 aromatic rings. The molecule has 0 bridgehead atoms. The summed E-state index contributed by atoms with van der Waals surface area (Å²) in [6.45, 7) is 2.91. The SMILES string of the molecule is COc1ccc(OC)c2c1CCCC2(CN)N1CCCC1. The third-order valence-corrected chi connectivity index (χ3v) is 5.20. The smallest absolute Gasteiger partial charge is 0.124 e. The Morgan fingerprint density at radius 3 is 2.38 bits per heavy atom. The Bertz CT molecular complexity index is 512. The quantitative estimate of drug-likeness (QED) is 0.924. The number of methoxy groups -OCH3 is 2. The van der Waals surface area contributed by atoms with Crippen molar-refractivity contribution in [2.75, 3.05) is 33.9 Å². The van der Waals surface area contributed by atoms with Crippen molar-refractivity contribution in [1.82, 2.24) is 4.90 Å². The summed E-state index contributed by atoms with van der Waals surface area (Å²) in [7, 11) is 3.50. The molecule has 1 aromatic carbocycles. The summed E-state index contributed by atoms with van der Waals surface area (Å²) in [4.78, 5) is 2.58. The van der Waals surface area contributed by atoms with Crippen molar-refractivity contribution in [3.63, 3.8) is 0 Å². The van der Waals surface area contributed by atoms with Gasteiger partial charge in [0.15, 0.2) is 0 Å².